The van der Waals surface area contributed by atoms with Crippen LogP contribution in [0, 0.1) is 6.92 Å². The number of carbonyl (C=O) groups excluding carboxylic acids is 1. The molecule has 0 unspecified atom stereocenters. The van der Waals surface area contributed by atoms with E-state index in [1.165, 1.54) is 11.3 Å². The summed E-state index contributed by atoms with van der Waals surface area (Å²) < 4.78 is 6.77. The molecular weight excluding hydrogens is 344 g/mol. The largest absolute Gasteiger partial charge is 0.478 e. The minimum Gasteiger partial charge on any atom is -0.478 e. The lowest BCUT2D eigenvalue weighted by Crippen LogP contribution is -2.42. The highest BCUT2D eigenvalue weighted by atomic mass is 35.5. The Hall–Kier alpha value is -2.11. The summed E-state index contributed by atoms with van der Waals surface area (Å²) in [6.07, 6.45) is 0. The van der Waals surface area contributed by atoms with Crippen molar-refractivity contribution in [2.45, 2.75) is 26.4 Å². The SMILES string of the molecule is Cc1cc2sc(NC(=O)C(C)(C)Oc3ccccc3)nc2cc1Cl. The Kier molecular flexibility index (Phi) is 4.47. The Balaban J connectivity index is 1.78. The smallest absolute Gasteiger partial charge is 0.269 e. The number of hydrogen-bond donors (Lipinski definition) is 1. The summed E-state index contributed by atoms with van der Waals surface area (Å²) in [7, 11) is 0. The first kappa shape index (κ1) is 16.7. The molecule has 6 heteroatoms. The molecule has 0 radical (unpaired) electrons. The number of halogens is 1. The number of hydrogen-bond acceptors (Lipinski definition) is 4. The standard InChI is InChI=1S/C18H17ClN2O2S/c1-11-9-15-14(10-13(11)19)20-17(24-15)21-16(22)18(2,3)23-12-7-5-4-6-8-12/h4-10H,1-3H3,(H,20,21,22). The number of rotatable bonds is 4. The van der Waals surface area contributed by atoms with Gasteiger partial charge in [0, 0.05) is 5.02 Å². The highest BCUT2D eigenvalue weighted by molar-refractivity contribution is 7.22. The van der Waals surface area contributed by atoms with Crippen LogP contribution in [0.3, 0.4) is 0 Å². The van der Waals surface area contributed by atoms with E-state index in [4.69, 9.17) is 16.3 Å². The van der Waals surface area contributed by atoms with Gasteiger partial charge in [-0.3, -0.25) is 10.1 Å². The van der Waals surface area contributed by atoms with Crippen molar-refractivity contribution in [3.8, 4) is 5.75 Å². The zero-order valence-corrected chi connectivity index (χ0v) is 15.2. The molecule has 4 nitrogen and oxygen atoms in total. The molecule has 0 bridgehead atoms. The van der Waals surface area contributed by atoms with Gasteiger partial charge >= 0.3 is 0 Å². The molecule has 0 aliphatic heterocycles. The van der Waals surface area contributed by atoms with Crippen LogP contribution in [-0.2, 0) is 4.79 Å². The zero-order chi connectivity index (χ0) is 17.3. The number of nitrogens with zero attached hydrogens (tertiary/aromatic N) is 1. The molecule has 0 saturated carbocycles. The molecule has 3 aromatic rings. The van der Waals surface area contributed by atoms with Crippen LogP contribution in [0.25, 0.3) is 10.2 Å². The summed E-state index contributed by atoms with van der Waals surface area (Å²) in [4.78, 5) is 17.0. The monoisotopic (exact) mass is 360 g/mol. The van der Waals surface area contributed by atoms with Gasteiger partial charge in [0.2, 0.25) is 0 Å². The molecule has 0 atom stereocenters. The molecule has 1 amide bonds. The Morgan fingerprint density at radius 1 is 1.25 bits per heavy atom. The molecule has 0 aliphatic carbocycles. The van der Waals surface area contributed by atoms with E-state index >= 15 is 0 Å². The van der Waals surface area contributed by atoms with Gasteiger partial charge < -0.3 is 4.74 Å². The quantitative estimate of drug-likeness (QED) is 0.707. The van der Waals surface area contributed by atoms with Crippen LogP contribution in [0.4, 0.5) is 5.13 Å². The van der Waals surface area contributed by atoms with Crippen molar-refractivity contribution in [3.63, 3.8) is 0 Å². The van der Waals surface area contributed by atoms with Gasteiger partial charge in [-0.2, -0.15) is 0 Å². The summed E-state index contributed by atoms with van der Waals surface area (Å²) in [5, 5.41) is 4.03. The van der Waals surface area contributed by atoms with E-state index in [2.05, 4.69) is 10.3 Å². The zero-order valence-electron chi connectivity index (χ0n) is 13.6. The fourth-order valence-electron chi connectivity index (χ4n) is 2.18. The molecule has 2 aromatic carbocycles. The van der Waals surface area contributed by atoms with Crippen molar-refractivity contribution in [1.82, 2.24) is 4.98 Å². The molecule has 1 aromatic heterocycles. The lowest BCUT2D eigenvalue weighted by Gasteiger charge is -2.24. The van der Waals surface area contributed by atoms with E-state index in [0.29, 0.717) is 15.9 Å². The highest BCUT2D eigenvalue weighted by Crippen LogP contribution is 2.31. The Bertz CT molecular complexity index is 852. The molecule has 0 fully saturated rings. The number of thiazole rings is 1. The summed E-state index contributed by atoms with van der Waals surface area (Å²) in [5.74, 6) is 0.387. The number of carbonyl (C=O) groups is 1. The van der Waals surface area contributed by atoms with E-state index in [-0.39, 0.29) is 5.91 Å². The van der Waals surface area contributed by atoms with Crippen molar-refractivity contribution in [2.24, 2.45) is 0 Å². The van der Waals surface area contributed by atoms with Gasteiger partial charge in [-0.15, -0.1) is 0 Å². The number of fused-ring (bicyclic) bond motifs is 1. The van der Waals surface area contributed by atoms with Crippen LogP contribution in [0.2, 0.25) is 5.02 Å². The summed E-state index contributed by atoms with van der Waals surface area (Å²) in [6, 6.07) is 13.0. The molecule has 3 rings (SSSR count). The number of para-hydroxylation sites is 1. The summed E-state index contributed by atoms with van der Waals surface area (Å²) >= 11 is 7.54. The minimum absolute atomic E-state index is 0.256. The Labute approximate surface area is 149 Å². The average molecular weight is 361 g/mol. The highest BCUT2D eigenvalue weighted by Gasteiger charge is 2.30. The van der Waals surface area contributed by atoms with Gasteiger partial charge in [0.15, 0.2) is 10.7 Å². The van der Waals surface area contributed by atoms with E-state index < -0.39 is 5.60 Å². The molecule has 0 saturated heterocycles. The fourth-order valence-corrected chi connectivity index (χ4v) is 3.28. The number of ether oxygens (including phenoxy) is 1. The lowest BCUT2D eigenvalue weighted by molar-refractivity contribution is -0.128. The van der Waals surface area contributed by atoms with Crippen molar-refractivity contribution >= 4 is 44.2 Å². The third-order valence-corrected chi connectivity index (χ3v) is 4.89. The number of nitrogens with one attached hydrogen (secondary N) is 1. The first-order valence-electron chi connectivity index (χ1n) is 7.47. The van der Waals surface area contributed by atoms with Crippen LogP contribution < -0.4 is 10.1 Å². The average Bonchev–Trinajstić information content (AvgIpc) is 2.89. The second-order valence-electron chi connectivity index (χ2n) is 5.97. The predicted molar refractivity (Wildman–Crippen MR) is 99.1 cm³/mol. The lowest BCUT2D eigenvalue weighted by atomic mass is 10.1. The topological polar surface area (TPSA) is 51.2 Å². The molecule has 0 spiro atoms. The van der Waals surface area contributed by atoms with Crippen LogP contribution in [0.15, 0.2) is 42.5 Å². The Morgan fingerprint density at radius 2 is 1.96 bits per heavy atom. The van der Waals surface area contributed by atoms with E-state index in [0.717, 1.165) is 15.8 Å². The maximum atomic E-state index is 12.6. The predicted octanol–water partition coefficient (Wildman–Crippen LogP) is 5.05. The maximum absolute atomic E-state index is 12.6. The van der Waals surface area contributed by atoms with Crippen LogP contribution in [-0.4, -0.2) is 16.5 Å². The third-order valence-electron chi connectivity index (χ3n) is 3.55. The second-order valence-corrected chi connectivity index (χ2v) is 7.41. The van der Waals surface area contributed by atoms with Crippen molar-refractivity contribution in [2.75, 3.05) is 5.32 Å². The van der Waals surface area contributed by atoms with Gasteiger partial charge in [-0.05, 0) is 50.6 Å². The summed E-state index contributed by atoms with van der Waals surface area (Å²) in [5.41, 5.74) is 0.735. The number of anilines is 1. The molecule has 0 aliphatic rings. The van der Waals surface area contributed by atoms with Crippen LogP contribution in [0.1, 0.15) is 19.4 Å². The van der Waals surface area contributed by atoms with Gasteiger partial charge in [0.25, 0.3) is 5.91 Å². The second kappa shape index (κ2) is 6.42. The van der Waals surface area contributed by atoms with Crippen molar-refractivity contribution in [1.29, 1.82) is 0 Å². The van der Waals surface area contributed by atoms with Gasteiger partial charge in [0.1, 0.15) is 5.75 Å². The maximum Gasteiger partial charge on any atom is 0.269 e. The first-order valence-corrected chi connectivity index (χ1v) is 8.67. The molecule has 24 heavy (non-hydrogen) atoms. The number of benzene rings is 2. The molecular formula is C18H17ClN2O2S. The Morgan fingerprint density at radius 3 is 2.67 bits per heavy atom. The van der Waals surface area contributed by atoms with E-state index in [9.17, 15) is 4.79 Å². The number of aryl methyl sites for hydroxylation is 1. The number of amides is 1. The van der Waals surface area contributed by atoms with Crippen LogP contribution >= 0.6 is 22.9 Å². The minimum atomic E-state index is -1.02. The normalized spacial score (nSPS) is 11.5. The summed E-state index contributed by atoms with van der Waals surface area (Å²) in [6.45, 7) is 5.39. The van der Waals surface area contributed by atoms with Gasteiger partial charge in [-0.25, -0.2) is 4.98 Å². The van der Waals surface area contributed by atoms with E-state index in [1.807, 2.05) is 49.4 Å². The fraction of sp³-hybridized carbons (Fsp3) is 0.222. The van der Waals surface area contributed by atoms with E-state index in [1.54, 1.807) is 13.8 Å². The molecule has 1 N–H and O–H groups in total. The van der Waals surface area contributed by atoms with Crippen LogP contribution in [0.5, 0.6) is 5.75 Å². The van der Waals surface area contributed by atoms with Crippen molar-refractivity contribution in [3.05, 3.63) is 53.1 Å². The first-order chi connectivity index (χ1) is 11.3. The van der Waals surface area contributed by atoms with Gasteiger partial charge in [0.05, 0.1) is 10.2 Å². The molecule has 124 valence electrons. The third kappa shape index (κ3) is 3.52. The van der Waals surface area contributed by atoms with Crippen molar-refractivity contribution < 1.29 is 9.53 Å². The van der Waals surface area contributed by atoms with Gasteiger partial charge in [-0.1, -0.05) is 41.1 Å². The number of aromatic nitrogens is 1. The molecule has 1 heterocycles.